The second kappa shape index (κ2) is 6.97. The first kappa shape index (κ1) is 16.9. The smallest absolute Gasteiger partial charge is 0.259 e. The second-order valence-corrected chi connectivity index (χ2v) is 6.81. The normalized spacial score (nSPS) is 16.2. The molecule has 0 saturated carbocycles. The number of hydrogen-bond acceptors (Lipinski definition) is 4. The molecule has 4 rings (SSSR count). The van der Waals surface area contributed by atoms with Gasteiger partial charge in [0.25, 0.3) is 5.56 Å². The van der Waals surface area contributed by atoms with E-state index in [4.69, 9.17) is 0 Å². The van der Waals surface area contributed by atoms with E-state index >= 15 is 0 Å². The number of hydrogen-bond donors (Lipinski definition) is 1. The predicted molar refractivity (Wildman–Crippen MR) is 101 cm³/mol. The highest BCUT2D eigenvalue weighted by Crippen LogP contribution is 2.24. The molecule has 1 aromatic heterocycles. The topological polar surface area (TPSA) is 52.2 Å². The summed E-state index contributed by atoms with van der Waals surface area (Å²) in [6, 6.07) is 11.9. The molecule has 1 fully saturated rings. The number of H-pyrrole nitrogens is 1. The van der Waals surface area contributed by atoms with E-state index in [2.05, 4.69) is 26.8 Å². The summed E-state index contributed by atoms with van der Waals surface area (Å²) in [5.74, 6) is 0.207. The van der Waals surface area contributed by atoms with Crippen LogP contribution < -0.4 is 5.56 Å². The highest BCUT2D eigenvalue weighted by Gasteiger charge is 2.17. The molecule has 3 aromatic rings. The van der Waals surface area contributed by atoms with Crippen LogP contribution in [-0.2, 0) is 6.54 Å². The zero-order valence-electron chi connectivity index (χ0n) is 14.7. The molecular formula is C20H21FN4O. The van der Waals surface area contributed by atoms with Crippen LogP contribution >= 0.6 is 0 Å². The molecule has 2 heterocycles. The summed E-state index contributed by atoms with van der Waals surface area (Å²) in [5, 5.41) is 0.555. The van der Waals surface area contributed by atoms with Crippen LogP contribution in [0.15, 0.2) is 47.3 Å². The van der Waals surface area contributed by atoms with Crippen molar-refractivity contribution < 1.29 is 4.39 Å². The number of halogens is 1. The molecule has 26 heavy (non-hydrogen) atoms. The van der Waals surface area contributed by atoms with E-state index < -0.39 is 0 Å². The van der Waals surface area contributed by atoms with Crippen molar-refractivity contribution in [1.29, 1.82) is 0 Å². The predicted octanol–water partition coefficient (Wildman–Crippen LogP) is 2.48. The summed E-state index contributed by atoms with van der Waals surface area (Å²) in [6.07, 6.45) is 0. The lowest BCUT2D eigenvalue weighted by Crippen LogP contribution is -2.43. The van der Waals surface area contributed by atoms with Gasteiger partial charge in [-0.1, -0.05) is 12.1 Å². The van der Waals surface area contributed by atoms with Gasteiger partial charge in [0.2, 0.25) is 0 Å². The molecule has 6 heteroatoms. The number of likely N-dealkylation sites (N-methyl/N-ethyl adjacent to an activating group) is 1. The Morgan fingerprint density at radius 1 is 1.12 bits per heavy atom. The van der Waals surface area contributed by atoms with Crippen molar-refractivity contribution in [2.45, 2.75) is 6.54 Å². The van der Waals surface area contributed by atoms with E-state index in [1.165, 1.54) is 6.07 Å². The van der Waals surface area contributed by atoms with Gasteiger partial charge in [-0.15, -0.1) is 0 Å². The van der Waals surface area contributed by atoms with Gasteiger partial charge < -0.3 is 9.88 Å². The third-order valence-corrected chi connectivity index (χ3v) is 4.93. The summed E-state index contributed by atoms with van der Waals surface area (Å²) >= 11 is 0. The zero-order valence-corrected chi connectivity index (χ0v) is 14.7. The zero-order chi connectivity index (χ0) is 18.1. The van der Waals surface area contributed by atoms with Gasteiger partial charge in [-0.2, -0.15) is 0 Å². The van der Waals surface area contributed by atoms with E-state index in [1.807, 2.05) is 18.2 Å². The summed E-state index contributed by atoms with van der Waals surface area (Å²) in [6.45, 7) is 4.51. The average molecular weight is 352 g/mol. The number of rotatable bonds is 3. The van der Waals surface area contributed by atoms with Gasteiger partial charge in [0.05, 0.1) is 10.9 Å². The van der Waals surface area contributed by atoms with Gasteiger partial charge in [-0.25, -0.2) is 9.37 Å². The first-order valence-corrected chi connectivity index (χ1v) is 8.79. The second-order valence-electron chi connectivity index (χ2n) is 6.81. The summed E-state index contributed by atoms with van der Waals surface area (Å²) in [5.41, 5.74) is 2.07. The van der Waals surface area contributed by atoms with E-state index in [1.54, 1.807) is 18.2 Å². The molecule has 1 N–H and O–H groups in total. The molecule has 0 spiro atoms. The largest absolute Gasteiger partial charge is 0.306 e. The van der Waals surface area contributed by atoms with Crippen LogP contribution in [0.4, 0.5) is 4.39 Å². The molecule has 2 aromatic carbocycles. The summed E-state index contributed by atoms with van der Waals surface area (Å²) in [4.78, 5) is 24.4. The lowest BCUT2D eigenvalue weighted by Gasteiger charge is -2.32. The molecule has 0 atom stereocenters. The average Bonchev–Trinajstić information content (AvgIpc) is 2.64. The molecular weight excluding hydrogens is 331 g/mol. The highest BCUT2D eigenvalue weighted by atomic mass is 19.1. The molecule has 0 radical (unpaired) electrons. The molecule has 0 aliphatic carbocycles. The number of piperazine rings is 1. The molecule has 0 amide bonds. The number of aromatic nitrogens is 2. The van der Waals surface area contributed by atoms with Crippen molar-refractivity contribution in [3.8, 4) is 11.4 Å². The Morgan fingerprint density at radius 2 is 1.88 bits per heavy atom. The Balaban J connectivity index is 1.74. The Kier molecular flexibility index (Phi) is 4.53. The third-order valence-electron chi connectivity index (χ3n) is 4.93. The van der Waals surface area contributed by atoms with Gasteiger partial charge in [-0.05, 0) is 42.9 Å². The molecule has 0 bridgehead atoms. The number of nitrogens with one attached hydrogen (secondary N) is 1. The van der Waals surface area contributed by atoms with Crippen LogP contribution in [0.25, 0.3) is 22.3 Å². The minimum absolute atomic E-state index is 0.180. The monoisotopic (exact) mass is 352 g/mol. The fourth-order valence-corrected chi connectivity index (χ4v) is 3.38. The highest BCUT2D eigenvalue weighted by molar-refractivity contribution is 5.79. The van der Waals surface area contributed by atoms with Crippen molar-refractivity contribution in [3.05, 3.63) is 64.2 Å². The minimum Gasteiger partial charge on any atom is -0.306 e. The van der Waals surface area contributed by atoms with E-state index in [0.29, 0.717) is 23.3 Å². The van der Waals surface area contributed by atoms with E-state index in [9.17, 15) is 9.18 Å². The number of aromatic amines is 1. The van der Waals surface area contributed by atoms with Crippen LogP contribution in [0.3, 0.4) is 0 Å². The molecule has 1 aliphatic heterocycles. The van der Waals surface area contributed by atoms with Crippen molar-refractivity contribution in [2.75, 3.05) is 33.2 Å². The molecule has 1 aliphatic rings. The third kappa shape index (κ3) is 3.38. The number of fused-ring (bicyclic) bond motifs is 1. The number of nitrogens with zero attached hydrogens (tertiary/aromatic N) is 3. The Labute approximate surface area is 151 Å². The van der Waals surface area contributed by atoms with Gasteiger partial charge in [0.15, 0.2) is 0 Å². The maximum absolute atomic E-state index is 13.9. The Hall–Kier alpha value is -2.57. The minimum atomic E-state index is -0.277. The SMILES string of the molecule is CN1CCN(Cc2cc(F)ccc2-c2nc3ccccc3c(=O)[nH]2)CC1. The van der Waals surface area contributed by atoms with Crippen molar-refractivity contribution in [1.82, 2.24) is 19.8 Å². The van der Waals surface area contributed by atoms with Crippen LogP contribution in [-0.4, -0.2) is 53.0 Å². The fourth-order valence-electron chi connectivity index (χ4n) is 3.38. The number of para-hydroxylation sites is 1. The fraction of sp³-hybridized carbons (Fsp3) is 0.300. The molecule has 134 valence electrons. The van der Waals surface area contributed by atoms with Gasteiger partial charge in [0.1, 0.15) is 11.6 Å². The lowest BCUT2D eigenvalue weighted by molar-refractivity contribution is 0.148. The maximum Gasteiger partial charge on any atom is 0.259 e. The van der Waals surface area contributed by atoms with Gasteiger partial charge in [-0.3, -0.25) is 9.69 Å². The van der Waals surface area contributed by atoms with Crippen molar-refractivity contribution in [2.24, 2.45) is 0 Å². The van der Waals surface area contributed by atoms with Crippen LogP contribution in [0.5, 0.6) is 0 Å². The molecule has 0 unspecified atom stereocenters. The molecule has 5 nitrogen and oxygen atoms in total. The van der Waals surface area contributed by atoms with Gasteiger partial charge in [0, 0.05) is 38.3 Å². The number of benzene rings is 2. The van der Waals surface area contributed by atoms with E-state index in [0.717, 1.165) is 37.3 Å². The lowest BCUT2D eigenvalue weighted by atomic mass is 10.0. The summed E-state index contributed by atoms with van der Waals surface area (Å²) < 4.78 is 13.9. The van der Waals surface area contributed by atoms with Crippen LogP contribution in [0.2, 0.25) is 0 Å². The quantitative estimate of drug-likeness (QED) is 0.787. The van der Waals surface area contributed by atoms with Crippen LogP contribution in [0, 0.1) is 5.82 Å². The maximum atomic E-state index is 13.9. The standard InChI is InChI=1S/C20H21FN4O/c1-24-8-10-25(11-9-24)13-14-12-15(21)6-7-16(14)19-22-18-5-3-2-4-17(18)20(26)23-19/h2-7,12H,8-11,13H2,1H3,(H,22,23,26). The first-order chi connectivity index (χ1) is 12.6. The van der Waals surface area contributed by atoms with Gasteiger partial charge >= 0.3 is 0 Å². The molecule has 1 saturated heterocycles. The van der Waals surface area contributed by atoms with Crippen molar-refractivity contribution >= 4 is 10.9 Å². The summed E-state index contributed by atoms with van der Waals surface area (Å²) in [7, 11) is 2.11. The Bertz CT molecular complexity index is 993. The van der Waals surface area contributed by atoms with Crippen molar-refractivity contribution in [3.63, 3.8) is 0 Å². The Morgan fingerprint density at radius 3 is 2.69 bits per heavy atom. The first-order valence-electron chi connectivity index (χ1n) is 8.79. The van der Waals surface area contributed by atoms with E-state index in [-0.39, 0.29) is 11.4 Å². The van der Waals surface area contributed by atoms with Crippen LogP contribution in [0.1, 0.15) is 5.56 Å².